The Morgan fingerprint density at radius 3 is 2.53 bits per heavy atom. The SMILES string of the molecule is CN[C@H]1Cc2c(cccc2CO)C#CCC[C@]23C[C@H]4C#CC[C@@H](Cc5ccccc5)[C@H]5C[C@@H]6CCO[C@@H]7[C@H]8CC[C@@H]([C@@H](C)C9CCCC9)C[C@H]9C[C@](O)([C@H]4[C@@](C=O)(C[C@@]67C5)[C@]98O)[C@@]2(O)C[C@H]2C[C@H]1[C@@H]1OC(=O)C=C1[C@@H]23. The maximum atomic E-state index is 15.6. The second-order valence-corrected chi connectivity index (χ2v) is 27.4. The lowest BCUT2D eigenvalue weighted by Gasteiger charge is -2.75. The predicted molar refractivity (Wildman–Crippen MR) is 284 cm³/mol. The fraction of sp³-hybridized carbons (Fsp3) is 0.697. The molecule has 0 radical (unpaired) electrons. The summed E-state index contributed by atoms with van der Waals surface area (Å²) in [6.45, 7) is 3.01. The van der Waals surface area contributed by atoms with Crippen molar-refractivity contribution in [1.82, 2.24) is 5.32 Å². The lowest BCUT2D eigenvalue weighted by Crippen LogP contribution is -2.84. The average Bonchev–Trinajstić information content (AvgIpc) is 4.42. The van der Waals surface area contributed by atoms with Crippen LogP contribution in [-0.2, 0) is 38.5 Å². The van der Waals surface area contributed by atoms with E-state index in [4.69, 9.17) is 9.47 Å². The second-order valence-electron chi connectivity index (χ2n) is 27.4. The van der Waals surface area contributed by atoms with E-state index in [9.17, 15) is 15.0 Å². The van der Waals surface area contributed by atoms with Gasteiger partial charge < -0.3 is 40.0 Å². The maximum Gasteiger partial charge on any atom is 0.331 e. The zero-order chi connectivity index (χ0) is 51.3. The minimum Gasteiger partial charge on any atom is -0.454 e. The molecule has 0 aromatic heterocycles. The molecule has 0 amide bonds. The monoisotopic (exact) mass is 1020 g/mol. The Hall–Kier alpha value is -3.80. The van der Waals surface area contributed by atoms with Crippen molar-refractivity contribution >= 4 is 12.3 Å². The third-order valence-corrected chi connectivity index (χ3v) is 25.1. The van der Waals surface area contributed by atoms with Crippen LogP contribution in [0.25, 0.3) is 0 Å². The number of aliphatic hydroxyl groups excluding tert-OH is 1. The first-order valence-electron chi connectivity index (χ1n) is 29.9. The molecule has 15 rings (SSSR count). The summed E-state index contributed by atoms with van der Waals surface area (Å²) in [4.78, 5) is 29.6. The van der Waals surface area contributed by atoms with E-state index in [0.29, 0.717) is 94.0 Å². The Morgan fingerprint density at radius 1 is 0.893 bits per heavy atom. The third-order valence-electron chi connectivity index (χ3n) is 25.1. The highest BCUT2D eigenvalue weighted by atomic mass is 16.5. The molecule has 5 N–H and O–H groups in total. The molecular weight excluding hydrogens is 935 g/mol. The summed E-state index contributed by atoms with van der Waals surface area (Å²) in [5.41, 5.74) is -2.84. The smallest absolute Gasteiger partial charge is 0.331 e. The van der Waals surface area contributed by atoms with Crippen LogP contribution in [0.5, 0.6) is 0 Å². The largest absolute Gasteiger partial charge is 0.454 e. The van der Waals surface area contributed by atoms with Crippen LogP contribution in [0.1, 0.15) is 145 Å². The van der Waals surface area contributed by atoms with Gasteiger partial charge in [-0.2, -0.15) is 0 Å². The molecule has 1 saturated heterocycles. The summed E-state index contributed by atoms with van der Waals surface area (Å²) in [6, 6.07) is 16.7. The van der Waals surface area contributed by atoms with Crippen LogP contribution in [0.2, 0.25) is 0 Å². The first-order valence-corrected chi connectivity index (χ1v) is 29.9. The van der Waals surface area contributed by atoms with Crippen molar-refractivity contribution in [3.05, 3.63) is 82.4 Å². The van der Waals surface area contributed by atoms with Gasteiger partial charge in [-0.3, -0.25) is 0 Å². The molecule has 9 fully saturated rings. The highest BCUT2D eigenvalue weighted by molar-refractivity contribution is 5.86. The number of nitrogens with one attached hydrogen (secondary N) is 1. The average molecular weight is 1020 g/mol. The van der Waals surface area contributed by atoms with Gasteiger partial charge in [-0.05, 0) is 179 Å². The van der Waals surface area contributed by atoms with Gasteiger partial charge in [0, 0.05) is 71.6 Å². The van der Waals surface area contributed by atoms with Crippen LogP contribution in [0.15, 0.2) is 60.2 Å². The van der Waals surface area contributed by atoms with Crippen LogP contribution in [0.3, 0.4) is 0 Å². The van der Waals surface area contributed by atoms with Crippen molar-refractivity contribution in [2.24, 2.45) is 93.2 Å². The zero-order valence-electron chi connectivity index (χ0n) is 44.5. The molecule has 13 aliphatic rings. The molecule has 0 unspecified atom stereocenters. The number of hydrogen-bond acceptors (Lipinski definition) is 9. The summed E-state index contributed by atoms with van der Waals surface area (Å²) in [5.74, 6) is 14.2. The molecule has 2 spiro atoms. The van der Waals surface area contributed by atoms with Gasteiger partial charge in [0.05, 0.1) is 29.3 Å². The molecule has 398 valence electrons. The fourth-order valence-corrected chi connectivity index (χ4v) is 22.4. The lowest BCUT2D eigenvalue weighted by molar-refractivity contribution is -0.369. The summed E-state index contributed by atoms with van der Waals surface area (Å²) in [7, 11) is 1.97. The Kier molecular flexibility index (Phi) is 11.8. The number of aliphatic hydroxyl groups is 4. The van der Waals surface area contributed by atoms with Crippen molar-refractivity contribution in [1.29, 1.82) is 0 Å². The van der Waals surface area contributed by atoms with E-state index in [0.717, 1.165) is 60.8 Å². The van der Waals surface area contributed by atoms with E-state index in [-0.39, 0.29) is 66.1 Å². The number of carbonyl (C=O) groups is 2. The van der Waals surface area contributed by atoms with Crippen molar-refractivity contribution in [2.45, 2.75) is 177 Å². The number of rotatable bonds is 7. The predicted octanol–water partition coefficient (Wildman–Crippen LogP) is 8.70. The van der Waals surface area contributed by atoms with Crippen molar-refractivity contribution in [2.75, 3.05) is 13.7 Å². The third kappa shape index (κ3) is 6.73. The number of benzene rings is 2. The summed E-state index contributed by atoms with van der Waals surface area (Å²) < 4.78 is 13.7. The summed E-state index contributed by atoms with van der Waals surface area (Å²) in [6.07, 6.45) is 17.6. The van der Waals surface area contributed by atoms with E-state index < -0.39 is 51.5 Å². The van der Waals surface area contributed by atoms with Crippen LogP contribution in [0.4, 0.5) is 0 Å². The van der Waals surface area contributed by atoms with Gasteiger partial charge in [0.25, 0.3) is 0 Å². The van der Waals surface area contributed by atoms with Gasteiger partial charge in [0.2, 0.25) is 0 Å². The topological polar surface area (TPSA) is 146 Å². The summed E-state index contributed by atoms with van der Waals surface area (Å²) in [5, 5.41) is 59.4. The molecule has 2 heterocycles. The van der Waals surface area contributed by atoms with Gasteiger partial charge in [0.15, 0.2) is 0 Å². The number of likely N-dealkylation sites (N-methyl/N-ethyl adjacent to an activating group) is 1. The molecule has 2 aliphatic heterocycles. The minimum atomic E-state index is -1.82. The van der Waals surface area contributed by atoms with Crippen molar-refractivity contribution in [3.8, 4) is 23.7 Å². The van der Waals surface area contributed by atoms with Crippen LogP contribution in [0, 0.1) is 117 Å². The number of aldehydes is 1. The highest BCUT2D eigenvalue weighted by Gasteiger charge is 2.86. The van der Waals surface area contributed by atoms with Gasteiger partial charge >= 0.3 is 5.97 Å². The second kappa shape index (κ2) is 17.9. The number of carbonyl (C=O) groups excluding carboxylic acids is 2. The minimum absolute atomic E-state index is 0.110. The molecule has 2 aromatic rings. The Labute approximate surface area is 445 Å². The maximum absolute atomic E-state index is 15.6. The van der Waals surface area contributed by atoms with E-state index in [1.165, 1.54) is 37.5 Å². The molecule has 8 saturated carbocycles. The Morgan fingerprint density at radius 2 is 1.73 bits per heavy atom. The van der Waals surface area contributed by atoms with Crippen molar-refractivity contribution < 1.29 is 39.5 Å². The molecule has 9 heteroatoms. The fourth-order valence-electron chi connectivity index (χ4n) is 22.4. The molecule has 11 aliphatic carbocycles. The number of hydrogen-bond donors (Lipinski definition) is 5. The lowest BCUT2D eigenvalue weighted by atomic mass is 9.31. The quantitative estimate of drug-likeness (QED) is 0.105. The van der Waals surface area contributed by atoms with Gasteiger partial charge in [-0.15, -0.1) is 5.92 Å². The van der Waals surface area contributed by atoms with Crippen LogP contribution >= 0.6 is 0 Å². The zero-order valence-corrected chi connectivity index (χ0v) is 44.5. The first kappa shape index (κ1) is 49.5. The van der Waals surface area contributed by atoms with Crippen LogP contribution in [-0.4, -0.2) is 81.4 Å². The summed E-state index contributed by atoms with van der Waals surface area (Å²) >= 11 is 0. The highest BCUT2D eigenvalue weighted by Crippen LogP contribution is 2.81. The van der Waals surface area contributed by atoms with Gasteiger partial charge in [0.1, 0.15) is 18.0 Å². The van der Waals surface area contributed by atoms with E-state index in [2.05, 4.69) is 66.3 Å². The van der Waals surface area contributed by atoms with E-state index in [1.54, 1.807) is 6.08 Å². The Balaban J connectivity index is 0.995. The number of esters is 1. The molecular formula is C66H81NO8. The molecule has 2 aromatic carbocycles. The van der Waals surface area contributed by atoms with Crippen molar-refractivity contribution in [3.63, 3.8) is 0 Å². The molecule has 9 nitrogen and oxygen atoms in total. The standard InChI is InChI=1S/C66H81NO8/c1-39(41-14-6-7-15-41)43-21-22-54-60-61-32-47(28-49(61)23-25-74-60)44(26-40-12-4-3-5-13-40)18-11-19-45-33-62-24-9-8-16-42-17-10-20-46(36-68)51(42)30-55(67-2)52-29-48(57(62)53-31-56(70)75-58(52)53)34-65(62,72)64(71)35-50(27-43)66(54,73)63(37-61,38-69)59(45)64/h3-5,10,12-13,17,20,31,38-39,41,43-45,47-50,52,54-55,57-60,67-68,71-73H,6-7,9,14-15,18,21-30,32-37H2,1-2H3/t39-,43+,44-,45+,47-,48+,49-,50-,52+,54+,55-,57+,58-,59+,60+,61-,62+,63-,64-,65+,66-/m0/s1. The van der Waals surface area contributed by atoms with E-state index >= 15 is 15.0 Å². The first-order chi connectivity index (χ1) is 36.3. The molecule has 75 heavy (non-hydrogen) atoms. The molecule has 21 atom stereocenters. The number of fused-ring (bicyclic) bond motifs is 6. The molecule has 7 bridgehead atoms. The number of ether oxygens (including phenoxy) is 2. The normalized spacial score (nSPS) is 48.2. The van der Waals surface area contributed by atoms with Gasteiger partial charge in [-0.1, -0.05) is 92.8 Å². The Bertz CT molecular complexity index is 2780. The van der Waals surface area contributed by atoms with E-state index in [1.807, 2.05) is 25.2 Å². The van der Waals surface area contributed by atoms with Crippen LogP contribution < -0.4 is 5.32 Å². The van der Waals surface area contributed by atoms with Gasteiger partial charge in [-0.25, -0.2) is 4.79 Å².